The molecule has 3 heterocycles. The van der Waals surface area contributed by atoms with Gasteiger partial charge >= 0.3 is 11.9 Å². The summed E-state index contributed by atoms with van der Waals surface area (Å²) in [5, 5.41) is 9.99. The summed E-state index contributed by atoms with van der Waals surface area (Å²) in [6, 6.07) is 16.1. The summed E-state index contributed by atoms with van der Waals surface area (Å²) in [6.45, 7) is 29.6. The molecular formula is C49H62BrN5O8Si2. The minimum Gasteiger partial charge on any atom is -0.472 e. The number of anilines is 1. The van der Waals surface area contributed by atoms with Crippen LogP contribution in [-0.4, -0.2) is 84.4 Å². The van der Waals surface area contributed by atoms with Crippen LogP contribution in [-0.2, 0) is 32.7 Å². The Morgan fingerprint density at radius 1 is 0.923 bits per heavy atom. The van der Waals surface area contributed by atoms with Gasteiger partial charge in [0.05, 0.1) is 29.9 Å². The van der Waals surface area contributed by atoms with Crippen molar-refractivity contribution in [3.05, 3.63) is 78.6 Å². The topological polar surface area (TPSA) is 145 Å². The first-order valence-electron chi connectivity index (χ1n) is 22.4. The van der Waals surface area contributed by atoms with Crippen LogP contribution in [0.15, 0.2) is 67.5 Å². The fourth-order valence-corrected chi connectivity index (χ4v) is 11.8. The maximum atomic E-state index is 12.8. The van der Waals surface area contributed by atoms with Crippen LogP contribution in [0.5, 0.6) is 5.88 Å². The molecule has 1 saturated heterocycles. The standard InChI is InChI=1S/C49H62BrN5O8Si2/c1-14-22-58-46-42-45(55(26-51-42)36-24-34(63-65(12,13)49(7,8)9)35(62-36)25-59-64(10,11)48(4,5)6)53-47(54-46)52-41-39-32-21-20-30-17-15-16-29-18-19-31(38(32)37(29)30)23-33(39)43(60-27(2)56)44(40(41)50)61-28(3)57/h14-21,23,26,34-36,40-41,43-44H,1,22,24-25H2,2-13H3,(H,52,53,54)/t34-,35+,36+,40+,41-,43+,44+/m0/s1. The summed E-state index contributed by atoms with van der Waals surface area (Å²) in [6.07, 6.45) is 1.05. The van der Waals surface area contributed by atoms with Crippen molar-refractivity contribution in [1.82, 2.24) is 19.5 Å². The predicted molar refractivity (Wildman–Crippen MR) is 264 cm³/mol. The van der Waals surface area contributed by atoms with Gasteiger partial charge in [-0.25, -0.2) is 4.98 Å². The zero-order valence-electron chi connectivity index (χ0n) is 39.6. The number of rotatable bonds is 13. The summed E-state index contributed by atoms with van der Waals surface area (Å²) in [4.78, 5) is 39.8. The lowest BCUT2D eigenvalue weighted by molar-refractivity contribution is -0.167. The molecule has 8 rings (SSSR count). The molecule has 0 radical (unpaired) electrons. The number of nitrogens with zero attached hydrogens (tertiary/aromatic N) is 4. The second-order valence-electron chi connectivity index (χ2n) is 20.5. The fourth-order valence-electron chi connectivity index (χ4n) is 8.66. The van der Waals surface area contributed by atoms with Gasteiger partial charge in [0.2, 0.25) is 11.8 Å². The average Bonchev–Trinajstić information content (AvgIpc) is 3.83. The van der Waals surface area contributed by atoms with E-state index in [2.05, 4.69) is 138 Å². The molecule has 16 heteroatoms. The molecule has 2 aliphatic rings. The third-order valence-corrected chi connectivity index (χ3v) is 24.1. The van der Waals surface area contributed by atoms with E-state index in [1.54, 1.807) is 12.4 Å². The predicted octanol–water partition coefficient (Wildman–Crippen LogP) is 11.5. The monoisotopic (exact) mass is 983 g/mol. The van der Waals surface area contributed by atoms with Crippen LogP contribution >= 0.6 is 15.9 Å². The quantitative estimate of drug-likeness (QED) is 0.0386. The molecule has 6 aromatic rings. The van der Waals surface area contributed by atoms with E-state index >= 15 is 0 Å². The number of imidazole rings is 1. The Morgan fingerprint density at radius 3 is 2.23 bits per heavy atom. The van der Waals surface area contributed by atoms with Crippen LogP contribution < -0.4 is 10.1 Å². The van der Waals surface area contributed by atoms with Crippen molar-refractivity contribution in [1.29, 1.82) is 0 Å². The van der Waals surface area contributed by atoms with Crippen molar-refractivity contribution in [2.75, 3.05) is 18.5 Å². The molecule has 1 fully saturated rings. The molecule has 13 nitrogen and oxygen atoms in total. The van der Waals surface area contributed by atoms with Gasteiger partial charge < -0.3 is 33.1 Å². The highest BCUT2D eigenvalue weighted by Gasteiger charge is 2.49. The third-order valence-electron chi connectivity index (χ3n) is 14.0. The molecule has 1 aliphatic heterocycles. The second-order valence-corrected chi connectivity index (χ2v) is 31.2. The summed E-state index contributed by atoms with van der Waals surface area (Å²) >= 11 is 3.95. The fraction of sp³-hybridized carbons (Fsp3) is 0.490. The number of nitrogens with one attached hydrogen (secondary N) is 1. The molecule has 4 aromatic carbocycles. The number of aromatic nitrogens is 4. The van der Waals surface area contributed by atoms with Crippen molar-refractivity contribution in [2.24, 2.45) is 0 Å². The van der Waals surface area contributed by atoms with Crippen molar-refractivity contribution in [2.45, 2.75) is 140 Å². The van der Waals surface area contributed by atoms with Crippen molar-refractivity contribution < 1.29 is 37.4 Å². The molecule has 0 spiro atoms. The Bertz CT molecular complexity index is 2770. The van der Waals surface area contributed by atoms with Gasteiger partial charge in [-0.15, -0.1) is 0 Å². The largest absolute Gasteiger partial charge is 0.472 e. The Balaban J connectivity index is 1.25. The maximum Gasteiger partial charge on any atom is 0.303 e. The van der Waals surface area contributed by atoms with Gasteiger partial charge in [0.25, 0.3) is 0 Å². The molecule has 2 aromatic heterocycles. The number of ether oxygens (including phenoxy) is 4. The van der Waals surface area contributed by atoms with Crippen molar-refractivity contribution >= 4 is 93.9 Å². The Morgan fingerprint density at radius 2 is 1.58 bits per heavy atom. The number of carbonyl (C=O) groups excluding carboxylic acids is 2. The highest BCUT2D eigenvalue weighted by atomic mass is 79.9. The molecule has 7 atom stereocenters. The van der Waals surface area contributed by atoms with Crippen LogP contribution in [0.4, 0.5) is 5.95 Å². The highest BCUT2D eigenvalue weighted by Crippen LogP contribution is 2.51. The number of benzene rings is 4. The van der Waals surface area contributed by atoms with Crippen LogP contribution in [0.25, 0.3) is 43.5 Å². The summed E-state index contributed by atoms with van der Waals surface area (Å²) in [7, 11) is -4.36. The molecule has 0 saturated carbocycles. The smallest absolute Gasteiger partial charge is 0.303 e. The average molecular weight is 985 g/mol. The van der Waals surface area contributed by atoms with E-state index in [9.17, 15) is 9.59 Å². The Kier molecular flexibility index (Phi) is 12.5. The van der Waals surface area contributed by atoms with E-state index in [4.69, 9.17) is 42.8 Å². The highest BCUT2D eigenvalue weighted by molar-refractivity contribution is 9.09. The SMILES string of the molecule is C=CCOc1nc(N[C@H]2c3c(cc4ccc5cccc6ccc3c4c56)[C@@H](OC(C)=O)[C@H](OC(C)=O)[C@@H]2Br)nc2c1ncn2[C@H]1C[C@H](O[Si](C)(C)C(C)(C)C)[C@@H](CO[Si](C)(C)C(C)(C)C)O1. The molecule has 346 valence electrons. The lowest BCUT2D eigenvalue weighted by Gasteiger charge is -2.41. The minimum atomic E-state index is -2.23. The summed E-state index contributed by atoms with van der Waals surface area (Å²) in [5.41, 5.74) is 2.51. The van der Waals surface area contributed by atoms with E-state index in [0.717, 1.165) is 37.9 Å². The van der Waals surface area contributed by atoms with Crippen molar-refractivity contribution in [3.8, 4) is 5.88 Å². The summed E-state index contributed by atoms with van der Waals surface area (Å²) < 4.78 is 41.1. The van der Waals surface area contributed by atoms with Crippen LogP contribution in [0, 0.1) is 0 Å². The first kappa shape index (κ1) is 47.1. The molecular weight excluding hydrogens is 923 g/mol. The molecule has 0 unspecified atom stereocenters. The van der Waals surface area contributed by atoms with E-state index in [1.165, 1.54) is 13.8 Å². The number of halogens is 1. The number of hydrogen-bond acceptors (Lipinski definition) is 12. The third kappa shape index (κ3) is 8.82. The second kappa shape index (κ2) is 17.3. The molecule has 1 N–H and O–H groups in total. The van der Waals surface area contributed by atoms with Gasteiger partial charge in [-0.1, -0.05) is 113 Å². The number of esters is 2. The van der Waals surface area contributed by atoms with Gasteiger partial charge in [-0.3, -0.25) is 14.2 Å². The van der Waals surface area contributed by atoms with Crippen LogP contribution in [0.2, 0.25) is 36.3 Å². The van der Waals surface area contributed by atoms with E-state index < -0.39 is 57.9 Å². The summed E-state index contributed by atoms with van der Waals surface area (Å²) in [5.74, 6) is -0.520. The Hall–Kier alpha value is -4.46. The number of fused-ring (bicyclic) bond motifs is 3. The van der Waals surface area contributed by atoms with E-state index in [-0.39, 0.29) is 40.7 Å². The normalized spacial score (nSPS) is 23.0. The van der Waals surface area contributed by atoms with Gasteiger partial charge in [0.1, 0.15) is 18.9 Å². The molecule has 0 amide bonds. The molecule has 1 aliphatic carbocycles. The minimum absolute atomic E-state index is 0.0174. The Labute approximate surface area is 391 Å². The van der Waals surface area contributed by atoms with Gasteiger partial charge in [0.15, 0.2) is 40.0 Å². The zero-order chi connectivity index (χ0) is 47.0. The number of carbonyl (C=O) groups is 2. The van der Waals surface area contributed by atoms with E-state index in [0.29, 0.717) is 29.8 Å². The van der Waals surface area contributed by atoms with E-state index in [1.807, 2.05) is 10.6 Å². The lowest BCUT2D eigenvalue weighted by Crippen LogP contribution is -2.48. The zero-order valence-corrected chi connectivity index (χ0v) is 43.2. The van der Waals surface area contributed by atoms with Crippen molar-refractivity contribution in [3.63, 3.8) is 0 Å². The molecule has 0 bridgehead atoms. The van der Waals surface area contributed by atoms with Crippen LogP contribution in [0.1, 0.15) is 91.3 Å². The van der Waals surface area contributed by atoms with Gasteiger partial charge in [-0.05, 0) is 80.2 Å². The number of alkyl halides is 1. The van der Waals surface area contributed by atoms with Crippen LogP contribution in [0.3, 0.4) is 0 Å². The lowest BCUT2D eigenvalue weighted by atomic mass is 9.78. The maximum absolute atomic E-state index is 12.8. The number of hydrogen-bond donors (Lipinski definition) is 1. The first-order valence-corrected chi connectivity index (χ1v) is 29.1. The molecule has 65 heavy (non-hydrogen) atoms. The first-order chi connectivity index (χ1) is 30.5. The van der Waals surface area contributed by atoms with Gasteiger partial charge in [0, 0.05) is 25.8 Å². The van der Waals surface area contributed by atoms with Gasteiger partial charge in [-0.2, -0.15) is 9.97 Å².